The predicted octanol–water partition coefficient (Wildman–Crippen LogP) is 3.57. The van der Waals surface area contributed by atoms with Crippen LogP contribution in [-0.2, 0) is 12.8 Å². The summed E-state index contributed by atoms with van der Waals surface area (Å²) in [5, 5.41) is 3.72. The van der Waals surface area contributed by atoms with Crippen LogP contribution in [0.25, 0.3) is 0 Å². The van der Waals surface area contributed by atoms with Crippen molar-refractivity contribution in [3.8, 4) is 0 Å². The molecular formula is C16H25N. The van der Waals surface area contributed by atoms with E-state index in [1.807, 2.05) is 0 Å². The Balaban J connectivity index is 1.75. The van der Waals surface area contributed by atoms with Gasteiger partial charge in [-0.25, -0.2) is 0 Å². The van der Waals surface area contributed by atoms with Gasteiger partial charge < -0.3 is 5.32 Å². The van der Waals surface area contributed by atoms with Crippen molar-refractivity contribution in [1.29, 1.82) is 0 Å². The van der Waals surface area contributed by atoms with Crippen LogP contribution in [0.1, 0.15) is 44.2 Å². The minimum Gasteiger partial charge on any atom is -0.314 e. The Hall–Kier alpha value is -0.820. The maximum absolute atomic E-state index is 3.72. The molecule has 1 heteroatoms. The van der Waals surface area contributed by atoms with Crippen LogP contribution in [0.2, 0.25) is 0 Å². The molecule has 1 aromatic carbocycles. The number of benzene rings is 1. The Morgan fingerprint density at radius 2 is 2.00 bits per heavy atom. The Morgan fingerprint density at radius 1 is 1.24 bits per heavy atom. The highest BCUT2D eigenvalue weighted by Gasteiger charge is 2.16. The van der Waals surface area contributed by atoms with Crippen LogP contribution in [0.15, 0.2) is 24.3 Å². The summed E-state index contributed by atoms with van der Waals surface area (Å²) >= 11 is 0. The molecule has 1 N–H and O–H groups in total. The van der Waals surface area contributed by atoms with Crippen LogP contribution < -0.4 is 5.32 Å². The SMILES string of the molecule is CC(C)CCCNC1CCc2ccccc2C1. The number of rotatable bonds is 5. The summed E-state index contributed by atoms with van der Waals surface area (Å²) in [5.41, 5.74) is 3.12. The monoisotopic (exact) mass is 231 g/mol. The van der Waals surface area contributed by atoms with E-state index in [0.717, 1.165) is 5.92 Å². The first kappa shape index (κ1) is 12.6. The van der Waals surface area contributed by atoms with Gasteiger partial charge in [0.1, 0.15) is 0 Å². The molecule has 1 aliphatic rings. The van der Waals surface area contributed by atoms with E-state index in [0.29, 0.717) is 6.04 Å². The van der Waals surface area contributed by atoms with Gasteiger partial charge in [-0.3, -0.25) is 0 Å². The molecule has 0 aliphatic heterocycles. The van der Waals surface area contributed by atoms with E-state index in [9.17, 15) is 0 Å². The normalized spacial score (nSPS) is 19.4. The van der Waals surface area contributed by atoms with Crippen LogP contribution in [0.3, 0.4) is 0 Å². The highest BCUT2D eigenvalue weighted by atomic mass is 14.9. The molecule has 94 valence electrons. The first-order chi connectivity index (χ1) is 8.25. The van der Waals surface area contributed by atoms with Crippen LogP contribution in [-0.4, -0.2) is 12.6 Å². The average Bonchev–Trinajstić information content (AvgIpc) is 2.34. The molecule has 1 aliphatic carbocycles. The molecule has 1 nitrogen and oxygen atoms in total. The fraction of sp³-hybridized carbons (Fsp3) is 0.625. The largest absolute Gasteiger partial charge is 0.314 e. The quantitative estimate of drug-likeness (QED) is 0.764. The fourth-order valence-corrected chi connectivity index (χ4v) is 2.69. The Labute approximate surface area is 106 Å². The van der Waals surface area contributed by atoms with E-state index in [2.05, 4.69) is 43.4 Å². The summed E-state index contributed by atoms with van der Waals surface area (Å²) in [5.74, 6) is 0.837. The van der Waals surface area contributed by atoms with Gasteiger partial charge in [0.15, 0.2) is 0 Å². The third-order valence-corrected chi connectivity index (χ3v) is 3.74. The van der Waals surface area contributed by atoms with Gasteiger partial charge in [0, 0.05) is 6.04 Å². The number of fused-ring (bicyclic) bond motifs is 1. The molecule has 1 aromatic rings. The molecule has 1 unspecified atom stereocenters. The zero-order chi connectivity index (χ0) is 12.1. The zero-order valence-electron chi connectivity index (χ0n) is 11.2. The number of nitrogens with one attached hydrogen (secondary N) is 1. The lowest BCUT2D eigenvalue weighted by atomic mass is 9.88. The van der Waals surface area contributed by atoms with E-state index in [1.165, 1.54) is 38.6 Å². The molecule has 0 heterocycles. The van der Waals surface area contributed by atoms with Crippen molar-refractivity contribution < 1.29 is 0 Å². The standard InChI is InChI=1S/C16H25N/c1-13(2)6-5-11-17-16-10-9-14-7-3-4-8-15(14)12-16/h3-4,7-8,13,16-17H,5-6,9-12H2,1-2H3. The van der Waals surface area contributed by atoms with Crippen molar-refractivity contribution in [2.75, 3.05) is 6.54 Å². The van der Waals surface area contributed by atoms with Gasteiger partial charge in [-0.2, -0.15) is 0 Å². The molecule has 0 aromatic heterocycles. The molecule has 0 radical (unpaired) electrons. The molecule has 0 spiro atoms. The van der Waals surface area contributed by atoms with Crippen molar-refractivity contribution in [1.82, 2.24) is 5.32 Å². The highest BCUT2D eigenvalue weighted by Crippen LogP contribution is 2.20. The summed E-state index contributed by atoms with van der Waals surface area (Å²) < 4.78 is 0. The number of aryl methyl sites for hydroxylation is 1. The zero-order valence-corrected chi connectivity index (χ0v) is 11.2. The highest BCUT2D eigenvalue weighted by molar-refractivity contribution is 5.30. The molecule has 2 rings (SSSR count). The van der Waals surface area contributed by atoms with Crippen LogP contribution in [0.4, 0.5) is 0 Å². The van der Waals surface area contributed by atoms with Crippen molar-refractivity contribution in [2.45, 2.75) is 52.0 Å². The molecular weight excluding hydrogens is 206 g/mol. The molecule has 0 saturated heterocycles. The van der Waals surface area contributed by atoms with Crippen LogP contribution in [0, 0.1) is 5.92 Å². The summed E-state index contributed by atoms with van der Waals surface area (Å²) in [6.07, 6.45) is 6.43. The maximum atomic E-state index is 3.72. The first-order valence-corrected chi connectivity index (χ1v) is 7.06. The van der Waals surface area contributed by atoms with Gasteiger partial charge in [-0.15, -0.1) is 0 Å². The lowest BCUT2D eigenvalue weighted by molar-refractivity contribution is 0.436. The third-order valence-electron chi connectivity index (χ3n) is 3.74. The van der Waals surface area contributed by atoms with E-state index in [-0.39, 0.29) is 0 Å². The molecule has 17 heavy (non-hydrogen) atoms. The molecule has 1 atom stereocenters. The third kappa shape index (κ3) is 3.85. The maximum Gasteiger partial charge on any atom is 0.0111 e. The van der Waals surface area contributed by atoms with Gasteiger partial charge in [0.2, 0.25) is 0 Å². The van der Waals surface area contributed by atoms with E-state index in [4.69, 9.17) is 0 Å². The van der Waals surface area contributed by atoms with Crippen molar-refractivity contribution in [2.24, 2.45) is 5.92 Å². The first-order valence-electron chi connectivity index (χ1n) is 7.06. The van der Waals surface area contributed by atoms with Gasteiger partial charge in [0.25, 0.3) is 0 Å². The van der Waals surface area contributed by atoms with E-state index >= 15 is 0 Å². The van der Waals surface area contributed by atoms with Gasteiger partial charge in [0.05, 0.1) is 0 Å². The van der Waals surface area contributed by atoms with Crippen LogP contribution >= 0.6 is 0 Å². The van der Waals surface area contributed by atoms with Crippen molar-refractivity contribution >= 4 is 0 Å². The lowest BCUT2D eigenvalue weighted by Gasteiger charge is -2.25. The Bertz CT molecular complexity index is 343. The van der Waals surface area contributed by atoms with Crippen molar-refractivity contribution in [3.05, 3.63) is 35.4 Å². The van der Waals surface area contributed by atoms with E-state index in [1.54, 1.807) is 11.1 Å². The molecule has 0 bridgehead atoms. The predicted molar refractivity (Wildman–Crippen MR) is 74.3 cm³/mol. The van der Waals surface area contributed by atoms with Crippen LogP contribution in [0.5, 0.6) is 0 Å². The number of hydrogen-bond acceptors (Lipinski definition) is 1. The Morgan fingerprint density at radius 3 is 2.76 bits per heavy atom. The second kappa shape index (κ2) is 6.20. The minimum atomic E-state index is 0.706. The summed E-state index contributed by atoms with van der Waals surface area (Å²) in [6, 6.07) is 9.61. The second-order valence-corrected chi connectivity index (χ2v) is 5.70. The molecule has 0 fully saturated rings. The van der Waals surface area contributed by atoms with Gasteiger partial charge in [-0.1, -0.05) is 38.1 Å². The Kier molecular flexibility index (Phi) is 4.61. The molecule has 0 saturated carbocycles. The average molecular weight is 231 g/mol. The van der Waals surface area contributed by atoms with E-state index < -0.39 is 0 Å². The summed E-state index contributed by atoms with van der Waals surface area (Å²) in [4.78, 5) is 0. The fourth-order valence-electron chi connectivity index (χ4n) is 2.69. The summed E-state index contributed by atoms with van der Waals surface area (Å²) in [6.45, 7) is 5.79. The second-order valence-electron chi connectivity index (χ2n) is 5.70. The van der Waals surface area contributed by atoms with Crippen molar-refractivity contribution in [3.63, 3.8) is 0 Å². The molecule has 0 amide bonds. The minimum absolute atomic E-state index is 0.706. The number of hydrogen-bond donors (Lipinski definition) is 1. The smallest absolute Gasteiger partial charge is 0.0111 e. The topological polar surface area (TPSA) is 12.0 Å². The van der Waals surface area contributed by atoms with Gasteiger partial charge in [-0.05, 0) is 55.7 Å². The summed E-state index contributed by atoms with van der Waals surface area (Å²) in [7, 11) is 0. The lowest BCUT2D eigenvalue weighted by Crippen LogP contribution is -2.35. The van der Waals surface area contributed by atoms with Gasteiger partial charge >= 0.3 is 0 Å².